The van der Waals surface area contributed by atoms with E-state index in [4.69, 9.17) is 9.97 Å². The van der Waals surface area contributed by atoms with Crippen LogP contribution in [0.3, 0.4) is 0 Å². The SMILES string of the molecule is O=C(c1cccc(C(F)(F)F)c1)N1CCN(c2nc(C3CCCCC3)nc3sc4c(c23)CCCCC4)CC1. The van der Waals surface area contributed by atoms with Crippen LogP contribution in [0.4, 0.5) is 19.0 Å². The number of thiophene rings is 1. The molecule has 3 aromatic rings. The highest BCUT2D eigenvalue weighted by molar-refractivity contribution is 7.19. The zero-order chi connectivity index (χ0) is 26.3. The molecule has 9 heteroatoms. The molecule has 0 spiro atoms. The molecular weight excluding hydrogens is 509 g/mol. The molecule has 1 amide bonds. The fourth-order valence-electron chi connectivity index (χ4n) is 6.24. The lowest BCUT2D eigenvalue weighted by atomic mass is 9.88. The van der Waals surface area contributed by atoms with Crippen LogP contribution >= 0.6 is 11.3 Å². The quantitative estimate of drug-likeness (QED) is 0.335. The molecule has 0 N–H and O–H groups in total. The summed E-state index contributed by atoms with van der Waals surface area (Å²) >= 11 is 1.84. The highest BCUT2D eigenvalue weighted by Gasteiger charge is 2.33. The lowest BCUT2D eigenvalue weighted by Crippen LogP contribution is -2.49. The van der Waals surface area contributed by atoms with Crippen molar-refractivity contribution in [1.82, 2.24) is 14.9 Å². The molecule has 1 aromatic carbocycles. The van der Waals surface area contributed by atoms with Crippen LogP contribution in [0.2, 0.25) is 0 Å². The van der Waals surface area contributed by atoms with Gasteiger partial charge in [0.2, 0.25) is 0 Å². The summed E-state index contributed by atoms with van der Waals surface area (Å²) < 4.78 is 39.5. The van der Waals surface area contributed by atoms with Crippen LogP contribution in [0, 0.1) is 0 Å². The zero-order valence-corrected chi connectivity index (χ0v) is 22.3. The Morgan fingerprint density at radius 3 is 2.42 bits per heavy atom. The first-order valence-corrected chi connectivity index (χ1v) is 14.7. The first-order valence-electron chi connectivity index (χ1n) is 13.9. The molecule has 0 atom stereocenters. The van der Waals surface area contributed by atoms with E-state index in [1.54, 1.807) is 4.90 Å². The molecule has 2 aliphatic carbocycles. The van der Waals surface area contributed by atoms with Crippen molar-refractivity contribution in [2.24, 2.45) is 0 Å². The number of rotatable bonds is 3. The third-order valence-corrected chi connectivity index (χ3v) is 9.52. The number of piperazine rings is 1. The van der Waals surface area contributed by atoms with Gasteiger partial charge in [-0.15, -0.1) is 11.3 Å². The fraction of sp³-hybridized carbons (Fsp3) is 0.552. The van der Waals surface area contributed by atoms with Crippen LogP contribution < -0.4 is 4.90 Å². The van der Waals surface area contributed by atoms with Crippen molar-refractivity contribution in [2.45, 2.75) is 76.3 Å². The van der Waals surface area contributed by atoms with E-state index in [1.165, 1.54) is 66.5 Å². The van der Waals surface area contributed by atoms with E-state index in [1.807, 2.05) is 11.3 Å². The first-order chi connectivity index (χ1) is 18.4. The van der Waals surface area contributed by atoms with Crippen LogP contribution in [0.15, 0.2) is 24.3 Å². The maximum absolute atomic E-state index is 13.2. The van der Waals surface area contributed by atoms with Crippen LogP contribution in [0.5, 0.6) is 0 Å². The van der Waals surface area contributed by atoms with Gasteiger partial charge in [-0.3, -0.25) is 4.79 Å². The topological polar surface area (TPSA) is 49.3 Å². The number of benzene rings is 1. The number of halogens is 3. The van der Waals surface area contributed by atoms with E-state index in [0.717, 1.165) is 54.3 Å². The number of aryl methyl sites for hydroxylation is 2. The standard InChI is InChI=1S/C29H33F3N4OS/c30-29(31,32)21-11-7-10-20(18-21)28(37)36-16-14-35(15-17-36)26-24-22-12-5-2-6-13-23(22)38-27(24)34-25(33-26)19-8-3-1-4-9-19/h7,10-11,18-19H,1-6,8-9,12-17H2. The summed E-state index contributed by atoms with van der Waals surface area (Å²) in [5.41, 5.74) is 0.703. The molecule has 3 aliphatic rings. The van der Waals surface area contributed by atoms with Gasteiger partial charge in [-0.1, -0.05) is 31.7 Å². The summed E-state index contributed by atoms with van der Waals surface area (Å²) in [6, 6.07) is 4.73. The van der Waals surface area contributed by atoms with Gasteiger partial charge in [0.05, 0.1) is 10.9 Å². The van der Waals surface area contributed by atoms with Gasteiger partial charge in [0.1, 0.15) is 16.5 Å². The maximum atomic E-state index is 13.2. The van der Waals surface area contributed by atoms with E-state index in [2.05, 4.69) is 4.90 Å². The third-order valence-electron chi connectivity index (χ3n) is 8.34. The average molecular weight is 543 g/mol. The molecule has 1 aliphatic heterocycles. The monoisotopic (exact) mass is 542 g/mol. The fourth-order valence-corrected chi connectivity index (χ4v) is 7.50. The van der Waals surface area contributed by atoms with Crippen LogP contribution in [-0.4, -0.2) is 47.0 Å². The number of amides is 1. The Balaban J connectivity index is 1.28. The Hall–Kier alpha value is -2.68. The number of anilines is 1. The Morgan fingerprint density at radius 1 is 0.921 bits per heavy atom. The molecule has 2 fully saturated rings. The highest BCUT2D eigenvalue weighted by Crippen LogP contribution is 2.41. The normalized spacial score (nSPS) is 19.4. The van der Waals surface area contributed by atoms with E-state index in [9.17, 15) is 18.0 Å². The molecule has 5 nitrogen and oxygen atoms in total. The maximum Gasteiger partial charge on any atom is 0.416 e. The summed E-state index contributed by atoms with van der Waals surface area (Å²) in [5.74, 6) is 2.01. The van der Waals surface area contributed by atoms with Crippen molar-refractivity contribution in [3.8, 4) is 0 Å². The number of fused-ring (bicyclic) bond motifs is 3. The summed E-state index contributed by atoms with van der Waals surface area (Å²) in [6.45, 7) is 2.11. The van der Waals surface area contributed by atoms with E-state index >= 15 is 0 Å². The second kappa shape index (κ2) is 10.5. The molecule has 6 rings (SSSR count). The molecule has 2 aromatic heterocycles. The number of hydrogen-bond donors (Lipinski definition) is 0. The molecule has 1 saturated carbocycles. The van der Waals surface area contributed by atoms with E-state index in [-0.39, 0.29) is 11.5 Å². The van der Waals surface area contributed by atoms with Gasteiger partial charge >= 0.3 is 6.18 Å². The molecule has 1 saturated heterocycles. The predicted molar refractivity (Wildman–Crippen MR) is 144 cm³/mol. The van der Waals surface area contributed by atoms with E-state index < -0.39 is 11.7 Å². The van der Waals surface area contributed by atoms with Gasteiger partial charge in [0.15, 0.2) is 0 Å². The second-order valence-electron chi connectivity index (χ2n) is 10.8. The Bertz CT molecular complexity index is 1320. The van der Waals surface area contributed by atoms with Crippen LogP contribution in [0.1, 0.15) is 89.5 Å². The summed E-state index contributed by atoms with van der Waals surface area (Å²) in [5, 5.41) is 1.20. The summed E-state index contributed by atoms with van der Waals surface area (Å²) in [4.78, 5) is 29.9. The lowest BCUT2D eigenvalue weighted by Gasteiger charge is -2.36. The third kappa shape index (κ3) is 5.01. The van der Waals surface area contributed by atoms with Crippen LogP contribution in [0.25, 0.3) is 10.2 Å². The largest absolute Gasteiger partial charge is 0.416 e. The Kier molecular flexibility index (Phi) is 7.05. The van der Waals surface area contributed by atoms with Gasteiger partial charge in [-0.2, -0.15) is 13.2 Å². The average Bonchev–Trinajstić information content (AvgIpc) is 3.13. The van der Waals surface area contributed by atoms with Gasteiger partial charge in [-0.25, -0.2) is 9.97 Å². The van der Waals surface area contributed by atoms with Crippen molar-refractivity contribution in [1.29, 1.82) is 0 Å². The predicted octanol–water partition coefficient (Wildman–Crippen LogP) is 6.99. The van der Waals surface area contributed by atoms with E-state index in [0.29, 0.717) is 32.1 Å². The van der Waals surface area contributed by atoms with Gasteiger partial charge in [-0.05, 0) is 62.3 Å². The number of carbonyl (C=O) groups is 1. The van der Waals surface area contributed by atoms with Crippen molar-refractivity contribution >= 4 is 33.3 Å². The van der Waals surface area contributed by atoms with Crippen molar-refractivity contribution in [3.05, 3.63) is 51.7 Å². The number of carbonyl (C=O) groups excluding carboxylic acids is 1. The van der Waals surface area contributed by atoms with Crippen LogP contribution in [-0.2, 0) is 19.0 Å². The zero-order valence-electron chi connectivity index (χ0n) is 21.5. The molecule has 0 unspecified atom stereocenters. The molecular formula is C29H33F3N4OS. The molecule has 0 radical (unpaired) electrons. The summed E-state index contributed by atoms with van der Waals surface area (Å²) in [6.07, 6.45) is 7.33. The number of aromatic nitrogens is 2. The summed E-state index contributed by atoms with van der Waals surface area (Å²) in [7, 11) is 0. The lowest BCUT2D eigenvalue weighted by molar-refractivity contribution is -0.137. The van der Waals surface area contributed by atoms with Crippen molar-refractivity contribution < 1.29 is 18.0 Å². The van der Waals surface area contributed by atoms with Gasteiger partial charge in [0, 0.05) is 42.5 Å². The minimum Gasteiger partial charge on any atom is -0.352 e. The number of nitrogens with zero attached hydrogens (tertiary/aromatic N) is 4. The molecule has 3 heterocycles. The smallest absolute Gasteiger partial charge is 0.352 e. The minimum atomic E-state index is -4.47. The van der Waals surface area contributed by atoms with Crippen molar-refractivity contribution in [3.63, 3.8) is 0 Å². The number of alkyl halides is 3. The van der Waals surface area contributed by atoms with Gasteiger partial charge in [0.25, 0.3) is 5.91 Å². The second-order valence-corrected chi connectivity index (χ2v) is 11.9. The molecule has 0 bridgehead atoms. The number of hydrogen-bond acceptors (Lipinski definition) is 5. The molecule has 202 valence electrons. The highest BCUT2D eigenvalue weighted by atomic mass is 32.1. The minimum absolute atomic E-state index is 0.0837. The molecule has 38 heavy (non-hydrogen) atoms. The van der Waals surface area contributed by atoms with Crippen molar-refractivity contribution in [2.75, 3.05) is 31.1 Å². The Labute approximate surface area is 225 Å². The Morgan fingerprint density at radius 2 is 1.66 bits per heavy atom. The van der Waals surface area contributed by atoms with Gasteiger partial charge < -0.3 is 9.80 Å². The first kappa shape index (κ1) is 25.6.